The molecule has 0 aromatic heterocycles. The number of halogens is 1. The largest absolute Gasteiger partial charge is 0.493 e. The van der Waals surface area contributed by atoms with E-state index in [9.17, 15) is 4.79 Å². The summed E-state index contributed by atoms with van der Waals surface area (Å²) in [4.78, 5) is 13.9. The number of carbonyl (C=O) groups excluding carboxylic acids is 1. The lowest BCUT2D eigenvalue weighted by atomic mass is 10.1. The zero-order chi connectivity index (χ0) is 18.2. The molecule has 6 heteroatoms. The highest BCUT2D eigenvalue weighted by molar-refractivity contribution is 6.30. The van der Waals surface area contributed by atoms with Crippen molar-refractivity contribution in [2.24, 2.45) is 0 Å². The number of methoxy groups -OCH3 is 2. The number of rotatable bonds is 7. The molecule has 2 aromatic rings. The van der Waals surface area contributed by atoms with Crippen LogP contribution in [0.1, 0.15) is 11.1 Å². The Bertz CT molecular complexity index is 704. The summed E-state index contributed by atoms with van der Waals surface area (Å²) in [6.07, 6.45) is 0.749. The predicted molar refractivity (Wildman–Crippen MR) is 99.6 cm³/mol. The summed E-state index contributed by atoms with van der Waals surface area (Å²) < 4.78 is 10.7. The van der Waals surface area contributed by atoms with Gasteiger partial charge in [0.15, 0.2) is 11.5 Å². The minimum Gasteiger partial charge on any atom is -0.493 e. The first kappa shape index (κ1) is 18.9. The van der Waals surface area contributed by atoms with Crippen LogP contribution in [0.5, 0.6) is 11.5 Å². The third-order valence-corrected chi connectivity index (χ3v) is 4.09. The first-order valence-corrected chi connectivity index (χ1v) is 8.36. The Labute approximate surface area is 153 Å². The number of ether oxygens (including phenoxy) is 2. The average molecular weight is 363 g/mol. The molecule has 2 amide bonds. The van der Waals surface area contributed by atoms with E-state index in [-0.39, 0.29) is 6.03 Å². The van der Waals surface area contributed by atoms with E-state index in [1.165, 1.54) is 0 Å². The number of para-hydroxylation sites is 1. The number of urea groups is 1. The molecule has 0 saturated heterocycles. The fraction of sp³-hybridized carbons (Fsp3) is 0.316. The molecule has 0 unspecified atom stereocenters. The number of carbonyl (C=O) groups is 1. The molecule has 0 saturated carbocycles. The van der Waals surface area contributed by atoms with Crippen LogP contribution in [0.2, 0.25) is 5.02 Å². The van der Waals surface area contributed by atoms with Gasteiger partial charge in [-0.05, 0) is 30.2 Å². The van der Waals surface area contributed by atoms with Crippen molar-refractivity contribution in [2.45, 2.75) is 13.0 Å². The fourth-order valence-corrected chi connectivity index (χ4v) is 2.63. The van der Waals surface area contributed by atoms with Crippen LogP contribution in [0.15, 0.2) is 42.5 Å². The fourth-order valence-electron chi connectivity index (χ4n) is 2.51. The Hall–Kier alpha value is -2.40. The molecule has 2 aromatic carbocycles. The van der Waals surface area contributed by atoms with Crippen LogP contribution in [0.4, 0.5) is 4.79 Å². The van der Waals surface area contributed by atoms with E-state index >= 15 is 0 Å². The molecule has 0 aliphatic heterocycles. The Morgan fingerprint density at radius 3 is 2.48 bits per heavy atom. The highest BCUT2D eigenvalue weighted by Gasteiger charge is 2.14. The minimum absolute atomic E-state index is 0.140. The van der Waals surface area contributed by atoms with Crippen LogP contribution in [-0.2, 0) is 13.0 Å². The van der Waals surface area contributed by atoms with Gasteiger partial charge in [0, 0.05) is 24.2 Å². The Morgan fingerprint density at radius 2 is 1.84 bits per heavy atom. The van der Waals surface area contributed by atoms with Gasteiger partial charge in [-0.2, -0.15) is 0 Å². The van der Waals surface area contributed by atoms with Gasteiger partial charge >= 0.3 is 6.03 Å². The van der Waals surface area contributed by atoms with Crippen LogP contribution in [0.3, 0.4) is 0 Å². The standard InChI is InChI=1S/C19H23ClN2O3/c1-22(13-15-5-4-6-17(24-2)18(15)25-3)19(23)21-12-11-14-7-9-16(20)10-8-14/h4-10H,11-13H2,1-3H3,(H,21,23). The molecule has 0 atom stereocenters. The van der Waals surface area contributed by atoms with E-state index in [1.54, 1.807) is 26.2 Å². The lowest BCUT2D eigenvalue weighted by Gasteiger charge is -2.20. The maximum atomic E-state index is 12.3. The summed E-state index contributed by atoms with van der Waals surface area (Å²) in [7, 11) is 4.93. The Morgan fingerprint density at radius 1 is 1.12 bits per heavy atom. The summed E-state index contributed by atoms with van der Waals surface area (Å²) in [6, 6.07) is 13.1. The Kier molecular flexibility index (Phi) is 6.95. The predicted octanol–water partition coefficient (Wildman–Crippen LogP) is 3.74. The summed E-state index contributed by atoms with van der Waals surface area (Å²) >= 11 is 5.87. The lowest BCUT2D eigenvalue weighted by Crippen LogP contribution is -2.37. The third kappa shape index (κ3) is 5.29. The second-order valence-corrected chi connectivity index (χ2v) is 6.05. The van der Waals surface area contributed by atoms with Crippen molar-refractivity contribution in [2.75, 3.05) is 27.8 Å². The molecule has 0 fully saturated rings. The molecule has 25 heavy (non-hydrogen) atoms. The average Bonchev–Trinajstić information content (AvgIpc) is 2.62. The van der Waals surface area contributed by atoms with Crippen molar-refractivity contribution in [1.29, 1.82) is 0 Å². The van der Waals surface area contributed by atoms with Crippen LogP contribution < -0.4 is 14.8 Å². The van der Waals surface area contributed by atoms with Crippen molar-refractivity contribution in [3.8, 4) is 11.5 Å². The third-order valence-electron chi connectivity index (χ3n) is 3.84. The van der Waals surface area contributed by atoms with E-state index in [0.29, 0.717) is 29.6 Å². The molecule has 0 radical (unpaired) electrons. The highest BCUT2D eigenvalue weighted by atomic mass is 35.5. The quantitative estimate of drug-likeness (QED) is 0.816. The highest BCUT2D eigenvalue weighted by Crippen LogP contribution is 2.31. The summed E-state index contributed by atoms with van der Waals surface area (Å²) in [5.41, 5.74) is 2.01. The van der Waals surface area contributed by atoms with Gasteiger partial charge in [0.25, 0.3) is 0 Å². The topological polar surface area (TPSA) is 50.8 Å². The van der Waals surface area contributed by atoms with Crippen molar-refractivity contribution in [1.82, 2.24) is 10.2 Å². The summed E-state index contributed by atoms with van der Waals surface area (Å²) in [5, 5.41) is 3.62. The van der Waals surface area contributed by atoms with E-state index in [2.05, 4.69) is 5.32 Å². The number of hydrogen-bond donors (Lipinski definition) is 1. The van der Waals surface area contributed by atoms with Gasteiger partial charge in [-0.15, -0.1) is 0 Å². The molecular formula is C19H23ClN2O3. The zero-order valence-electron chi connectivity index (χ0n) is 14.7. The van der Waals surface area contributed by atoms with Crippen molar-refractivity contribution < 1.29 is 14.3 Å². The molecule has 0 aliphatic rings. The maximum absolute atomic E-state index is 12.3. The molecule has 0 spiro atoms. The number of hydrogen-bond acceptors (Lipinski definition) is 3. The first-order valence-electron chi connectivity index (χ1n) is 7.98. The summed E-state index contributed by atoms with van der Waals surface area (Å²) in [6.45, 7) is 0.979. The van der Waals surface area contributed by atoms with Gasteiger partial charge in [0.1, 0.15) is 0 Å². The zero-order valence-corrected chi connectivity index (χ0v) is 15.5. The number of amides is 2. The van der Waals surface area contributed by atoms with Gasteiger partial charge in [-0.3, -0.25) is 0 Å². The van der Waals surface area contributed by atoms with Crippen molar-refractivity contribution in [3.05, 3.63) is 58.6 Å². The van der Waals surface area contributed by atoms with E-state index in [0.717, 1.165) is 17.5 Å². The normalized spacial score (nSPS) is 10.2. The number of nitrogens with zero attached hydrogens (tertiary/aromatic N) is 1. The van der Waals surface area contributed by atoms with Crippen molar-refractivity contribution in [3.63, 3.8) is 0 Å². The first-order chi connectivity index (χ1) is 12.0. The monoisotopic (exact) mass is 362 g/mol. The van der Waals surface area contributed by atoms with E-state index in [1.807, 2.05) is 42.5 Å². The molecule has 5 nitrogen and oxygen atoms in total. The maximum Gasteiger partial charge on any atom is 0.317 e. The second-order valence-electron chi connectivity index (χ2n) is 5.62. The van der Waals surface area contributed by atoms with E-state index in [4.69, 9.17) is 21.1 Å². The van der Waals surface area contributed by atoms with Gasteiger partial charge in [-0.25, -0.2) is 4.79 Å². The van der Waals surface area contributed by atoms with Gasteiger partial charge < -0.3 is 19.7 Å². The molecule has 0 heterocycles. The van der Waals surface area contributed by atoms with E-state index < -0.39 is 0 Å². The Balaban J connectivity index is 1.89. The molecule has 1 N–H and O–H groups in total. The molecular weight excluding hydrogens is 340 g/mol. The van der Waals surface area contributed by atoms with Crippen LogP contribution >= 0.6 is 11.6 Å². The SMILES string of the molecule is COc1cccc(CN(C)C(=O)NCCc2ccc(Cl)cc2)c1OC. The van der Waals surface area contributed by atoms with Crippen LogP contribution in [0.25, 0.3) is 0 Å². The minimum atomic E-state index is -0.140. The second kappa shape index (κ2) is 9.18. The van der Waals surface area contributed by atoms with Crippen LogP contribution in [0, 0.1) is 0 Å². The molecule has 2 rings (SSSR count). The smallest absolute Gasteiger partial charge is 0.317 e. The van der Waals surface area contributed by atoms with Gasteiger partial charge in [0.05, 0.1) is 20.8 Å². The lowest BCUT2D eigenvalue weighted by molar-refractivity contribution is 0.206. The molecule has 134 valence electrons. The molecule has 0 bridgehead atoms. The molecule has 0 aliphatic carbocycles. The van der Waals surface area contributed by atoms with Crippen molar-refractivity contribution >= 4 is 17.6 Å². The van der Waals surface area contributed by atoms with Gasteiger partial charge in [0.2, 0.25) is 0 Å². The van der Waals surface area contributed by atoms with Gasteiger partial charge in [-0.1, -0.05) is 35.9 Å². The number of nitrogens with one attached hydrogen (secondary N) is 1. The number of benzene rings is 2. The van der Waals surface area contributed by atoms with Crippen LogP contribution in [-0.4, -0.2) is 38.7 Å². The summed E-state index contributed by atoms with van der Waals surface area (Å²) in [5.74, 6) is 1.29.